The number of amides is 1. The number of hydrogen-bond donors (Lipinski definition) is 0. The summed E-state index contributed by atoms with van der Waals surface area (Å²) >= 11 is 5.68. The molecule has 0 spiro atoms. The number of fused-ring (bicyclic) bond motifs is 1. The third-order valence-electron chi connectivity index (χ3n) is 2.07. The molecule has 0 saturated carbocycles. The van der Waals surface area contributed by atoms with Gasteiger partial charge in [-0.15, -0.1) is 0 Å². The molecule has 0 N–H and O–H groups in total. The molecule has 0 radical (unpaired) electrons. The molecule has 2 heterocycles. The van der Waals surface area contributed by atoms with Gasteiger partial charge in [-0.05, 0) is 0 Å². The zero-order valence-electron chi connectivity index (χ0n) is 7.12. The summed E-state index contributed by atoms with van der Waals surface area (Å²) in [5.74, 6) is 0.646. The van der Waals surface area contributed by atoms with Crippen molar-refractivity contribution in [3.63, 3.8) is 0 Å². The van der Waals surface area contributed by atoms with Gasteiger partial charge in [0.1, 0.15) is 5.15 Å². The Labute approximate surface area is 80.5 Å². The molecule has 0 unspecified atom stereocenters. The SMILES string of the molecule is CN1C(=O)CCc2ncc(Cl)nc21. The number of carbonyl (C=O) groups excluding carboxylic acids is 1. The van der Waals surface area contributed by atoms with E-state index < -0.39 is 0 Å². The highest BCUT2D eigenvalue weighted by Gasteiger charge is 2.23. The van der Waals surface area contributed by atoms with Crippen LogP contribution < -0.4 is 4.90 Å². The minimum atomic E-state index is 0.0593. The smallest absolute Gasteiger partial charge is 0.228 e. The van der Waals surface area contributed by atoms with E-state index in [9.17, 15) is 4.79 Å². The Morgan fingerprint density at radius 2 is 2.31 bits per heavy atom. The maximum atomic E-state index is 11.3. The molecular weight excluding hydrogens is 190 g/mol. The summed E-state index contributed by atoms with van der Waals surface area (Å²) in [4.78, 5) is 20.9. The lowest BCUT2D eigenvalue weighted by Crippen LogP contribution is -2.32. The van der Waals surface area contributed by atoms with Crippen molar-refractivity contribution < 1.29 is 4.79 Å². The molecule has 13 heavy (non-hydrogen) atoms. The molecule has 1 aliphatic heterocycles. The van der Waals surface area contributed by atoms with Crippen LogP contribution in [0.25, 0.3) is 0 Å². The summed E-state index contributed by atoms with van der Waals surface area (Å²) in [5.41, 5.74) is 0.839. The van der Waals surface area contributed by atoms with Crippen LogP contribution in [0.5, 0.6) is 0 Å². The quantitative estimate of drug-likeness (QED) is 0.624. The van der Waals surface area contributed by atoms with Crippen LogP contribution in [0.1, 0.15) is 12.1 Å². The van der Waals surface area contributed by atoms with Gasteiger partial charge in [-0.1, -0.05) is 11.6 Å². The van der Waals surface area contributed by atoms with E-state index in [1.165, 1.54) is 11.1 Å². The van der Waals surface area contributed by atoms with Crippen LogP contribution in [0.3, 0.4) is 0 Å². The van der Waals surface area contributed by atoms with Gasteiger partial charge in [0.05, 0.1) is 11.9 Å². The maximum absolute atomic E-state index is 11.3. The topological polar surface area (TPSA) is 46.1 Å². The van der Waals surface area contributed by atoms with Gasteiger partial charge in [-0.2, -0.15) is 0 Å². The summed E-state index contributed by atoms with van der Waals surface area (Å²) in [6.07, 6.45) is 2.66. The van der Waals surface area contributed by atoms with Crippen molar-refractivity contribution in [3.05, 3.63) is 17.0 Å². The Bertz CT molecular complexity index is 366. The molecule has 1 amide bonds. The molecule has 2 rings (SSSR count). The third-order valence-corrected chi connectivity index (χ3v) is 2.25. The van der Waals surface area contributed by atoms with E-state index in [4.69, 9.17) is 11.6 Å². The Morgan fingerprint density at radius 3 is 3.08 bits per heavy atom. The number of hydrogen-bond acceptors (Lipinski definition) is 3. The van der Waals surface area contributed by atoms with Gasteiger partial charge in [0.25, 0.3) is 0 Å². The third kappa shape index (κ3) is 1.37. The number of aromatic nitrogens is 2. The van der Waals surface area contributed by atoms with Gasteiger partial charge in [-0.3, -0.25) is 14.7 Å². The molecule has 1 aromatic rings. The number of aryl methyl sites for hydroxylation is 1. The second-order valence-electron chi connectivity index (χ2n) is 2.92. The molecular formula is C8H8ClN3O. The van der Waals surface area contributed by atoms with Gasteiger partial charge in [0, 0.05) is 19.9 Å². The molecule has 0 bridgehead atoms. The average Bonchev–Trinajstić information content (AvgIpc) is 2.12. The summed E-state index contributed by atoms with van der Waals surface area (Å²) in [6.45, 7) is 0. The van der Waals surface area contributed by atoms with Crippen LogP contribution in [0, 0.1) is 0 Å². The fourth-order valence-corrected chi connectivity index (χ4v) is 1.47. The van der Waals surface area contributed by atoms with E-state index in [1.54, 1.807) is 7.05 Å². The summed E-state index contributed by atoms with van der Waals surface area (Å²) in [5, 5.41) is 0.320. The fraction of sp³-hybridized carbons (Fsp3) is 0.375. The first-order valence-corrected chi connectivity index (χ1v) is 4.34. The van der Waals surface area contributed by atoms with Crippen LogP contribution in [-0.2, 0) is 11.2 Å². The van der Waals surface area contributed by atoms with Gasteiger partial charge in [0.2, 0.25) is 5.91 Å². The fourth-order valence-electron chi connectivity index (χ4n) is 1.34. The van der Waals surface area contributed by atoms with Crippen molar-refractivity contribution in [2.24, 2.45) is 0 Å². The zero-order chi connectivity index (χ0) is 9.42. The van der Waals surface area contributed by atoms with Crippen molar-refractivity contribution in [2.75, 3.05) is 11.9 Å². The molecule has 5 heteroatoms. The van der Waals surface area contributed by atoms with E-state index in [2.05, 4.69) is 9.97 Å². The minimum absolute atomic E-state index is 0.0593. The first kappa shape index (κ1) is 8.44. The van der Waals surface area contributed by atoms with Crippen molar-refractivity contribution in [1.82, 2.24) is 9.97 Å². The number of halogens is 1. The molecule has 1 aromatic heterocycles. The first-order chi connectivity index (χ1) is 6.18. The standard InChI is InChI=1S/C8H8ClN3O/c1-12-7(13)3-2-5-8(12)11-6(9)4-10-5/h4H,2-3H2,1H3. The lowest BCUT2D eigenvalue weighted by atomic mass is 10.1. The molecule has 0 saturated heterocycles. The number of rotatable bonds is 0. The van der Waals surface area contributed by atoms with Crippen LogP contribution in [0.2, 0.25) is 5.15 Å². The molecule has 4 nitrogen and oxygen atoms in total. The largest absolute Gasteiger partial charge is 0.298 e. The van der Waals surface area contributed by atoms with Crippen LogP contribution in [-0.4, -0.2) is 22.9 Å². The van der Waals surface area contributed by atoms with Crippen LogP contribution in [0.15, 0.2) is 6.20 Å². The highest BCUT2D eigenvalue weighted by molar-refractivity contribution is 6.29. The Kier molecular flexibility index (Phi) is 1.92. The van der Waals surface area contributed by atoms with Gasteiger partial charge < -0.3 is 0 Å². The normalized spacial score (nSPS) is 15.8. The highest BCUT2D eigenvalue weighted by atomic mass is 35.5. The molecule has 0 fully saturated rings. The lowest BCUT2D eigenvalue weighted by molar-refractivity contribution is -0.118. The Balaban J connectivity index is 2.51. The number of carbonyl (C=O) groups is 1. The summed E-state index contributed by atoms with van der Waals surface area (Å²) in [7, 11) is 1.69. The van der Waals surface area contributed by atoms with E-state index in [0.29, 0.717) is 23.8 Å². The van der Waals surface area contributed by atoms with Gasteiger partial charge >= 0.3 is 0 Å². The van der Waals surface area contributed by atoms with Gasteiger partial charge in [-0.25, -0.2) is 4.98 Å². The second kappa shape index (κ2) is 2.96. The van der Waals surface area contributed by atoms with E-state index >= 15 is 0 Å². The van der Waals surface area contributed by atoms with Crippen molar-refractivity contribution in [2.45, 2.75) is 12.8 Å². The van der Waals surface area contributed by atoms with E-state index in [0.717, 1.165) is 5.69 Å². The first-order valence-electron chi connectivity index (χ1n) is 3.96. The Morgan fingerprint density at radius 1 is 1.54 bits per heavy atom. The molecule has 0 aliphatic carbocycles. The zero-order valence-corrected chi connectivity index (χ0v) is 7.88. The predicted octanol–water partition coefficient (Wildman–Crippen LogP) is 1.04. The summed E-state index contributed by atoms with van der Waals surface area (Å²) < 4.78 is 0. The number of anilines is 1. The van der Waals surface area contributed by atoms with Crippen molar-refractivity contribution >= 4 is 23.3 Å². The predicted molar refractivity (Wildman–Crippen MR) is 48.8 cm³/mol. The van der Waals surface area contributed by atoms with E-state index in [-0.39, 0.29) is 5.91 Å². The Hall–Kier alpha value is -1.16. The highest BCUT2D eigenvalue weighted by Crippen LogP contribution is 2.23. The molecule has 0 atom stereocenters. The number of nitrogens with zero attached hydrogens (tertiary/aromatic N) is 3. The average molecular weight is 198 g/mol. The minimum Gasteiger partial charge on any atom is -0.298 e. The van der Waals surface area contributed by atoms with E-state index in [1.807, 2.05) is 0 Å². The molecule has 1 aliphatic rings. The maximum Gasteiger partial charge on any atom is 0.228 e. The van der Waals surface area contributed by atoms with Crippen molar-refractivity contribution in [1.29, 1.82) is 0 Å². The lowest BCUT2D eigenvalue weighted by Gasteiger charge is -2.23. The van der Waals surface area contributed by atoms with Gasteiger partial charge in [0.15, 0.2) is 5.82 Å². The van der Waals surface area contributed by atoms with Crippen molar-refractivity contribution in [3.8, 4) is 0 Å². The monoisotopic (exact) mass is 197 g/mol. The second-order valence-corrected chi connectivity index (χ2v) is 3.30. The molecule has 0 aromatic carbocycles. The van der Waals surface area contributed by atoms with Crippen LogP contribution in [0.4, 0.5) is 5.82 Å². The summed E-state index contributed by atoms with van der Waals surface area (Å²) in [6, 6.07) is 0. The van der Waals surface area contributed by atoms with Crippen LogP contribution >= 0.6 is 11.6 Å². The molecule has 68 valence electrons.